The minimum absolute atomic E-state index is 0.501. The lowest BCUT2D eigenvalue weighted by molar-refractivity contribution is 0.321. The van der Waals surface area contributed by atoms with E-state index in [2.05, 4.69) is 22.8 Å². The topological polar surface area (TPSA) is 45.5 Å². The highest BCUT2D eigenvalue weighted by Gasteiger charge is 2.26. The standard InChI is InChI=1S/C20H22N2O3/c1-23-17-11-13(12-18(24-2)19(17)25-3)20-21-15-9-4-5-10-16(15)22(20)14-7-6-8-14/h4-5,9-12,14H,6-8H2,1-3H3. The van der Waals surface area contributed by atoms with Crippen LogP contribution < -0.4 is 14.2 Å². The summed E-state index contributed by atoms with van der Waals surface area (Å²) in [5, 5.41) is 0. The molecule has 0 radical (unpaired) electrons. The number of para-hydroxylation sites is 2. The van der Waals surface area contributed by atoms with E-state index in [-0.39, 0.29) is 0 Å². The fourth-order valence-electron chi connectivity index (χ4n) is 3.47. The molecule has 0 spiro atoms. The van der Waals surface area contributed by atoms with E-state index in [1.54, 1.807) is 21.3 Å². The van der Waals surface area contributed by atoms with Gasteiger partial charge >= 0.3 is 0 Å². The molecule has 0 atom stereocenters. The first-order valence-electron chi connectivity index (χ1n) is 8.54. The van der Waals surface area contributed by atoms with Crippen LogP contribution in [0.4, 0.5) is 0 Å². The summed E-state index contributed by atoms with van der Waals surface area (Å²) < 4.78 is 18.8. The van der Waals surface area contributed by atoms with Crippen molar-refractivity contribution in [3.05, 3.63) is 36.4 Å². The monoisotopic (exact) mass is 338 g/mol. The second-order valence-electron chi connectivity index (χ2n) is 6.29. The van der Waals surface area contributed by atoms with Crippen molar-refractivity contribution in [3.8, 4) is 28.6 Å². The summed E-state index contributed by atoms with van der Waals surface area (Å²) in [5.41, 5.74) is 3.16. The predicted octanol–water partition coefficient (Wildman–Crippen LogP) is 4.45. The van der Waals surface area contributed by atoms with Crippen molar-refractivity contribution >= 4 is 11.0 Å². The molecule has 1 heterocycles. The first-order chi connectivity index (χ1) is 12.3. The van der Waals surface area contributed by atoms with E-state index in [0.717, 1.165) is 16.9 Å². The number of fused-ring (bicyclic) bond motifs is 1. The maximum atomic E-state index is 5.51. The first-order valence-corrected chi connectivity index (χ1v) is 8.54. The smallest absolute Gasteiger partial charge is 0.203 e. The Labute approximate surface area is 147 Å². The van der Waals surface area contributed by atoms with E-state index >= 15 is 0 Å². The van der Waals surface area contributed by atoms with Gasteiger partial charge in [0.2, 0.25) is 5.75 Å². The third-order valence-corrected chi connectivity index (χ3v) is 4.96. The number of imidazole rings is 1. The van der Waals surface area contributed by atoms with Gasteiger partial charge in [0.1, 0.15) is 5.82 Å². The van der Waals surface area contributed by atoms with Gasteiger partial charge in [-0.3, -0.25) is 0 Å². The fourth-order valence-corrected chi connectivity index (χ4v) is 3.47. The predicted molar refractivity (Wildman–Crippen MR) is 97.7 cm³/mol. The molecule has 0 bridgehead atoms. The van der Waals surface area contributed by atoms with E-state index in [1.807, 2.05) is 18.2 Å². The molecule has 1 aromatic heterocycles. The minimum atomic E-state index is 0.501. The van der Waals surface area contributed by atoms with Gasteiger partial charge in [0.15, 0.2) is 11.5 Å². The minimum Gasteiger partial charge on any atom is -0.493 e. The molecule has 4 rings (SSSR count). The Kier molecular flexibility index (Phi) is 3.99. The molecule has 0 saturated heterocycles. The summed E-state index contributed by atoms with van der Waals surface area (Å²) in [6.07, 6.45) is 3.65. The van der Waals surface area contributed by atoms with Crippen LogP contribution in [0.5, 0.6) is 17.2 Å². The number of rotatable bonds is 5. The molecule has 5 nitrogen and oxygen atoms in total. The number of hydrogen-bond acceptors (Lipinski definition) is 4. The van der Waals surface area contributed by atoms with E-state index in [1.165, 1.54) is 24.8 Å². The van der Waals surface area contributed by atoms with Crippen LogP contribution in [0.1, 0.15) is 25.3 Å². The lowest BCUT2D eigenvalue weighted by Crippen LogP contribution is -2.17. The van der Waals surface area contributed by atoms with Gasteiger partial charge in [-0.15, -0.1) is 0 Å². The van der Waals surface area contributed by atoms with Crippen LogP contribution in [0.25, 0.3) is 22.4 Å². The molecule has 1 fully saturated rings. The molecule has 3 aromatic rings. The molecule has 0 N–H and O–H groups in total. The Morgan fingerprint density at radius 2 is 1.64 bits per heavy atom. The van der Waals surface area contributed by atoms with Gasteiger partial charge in [0.25, 0.3) is 0 Å². The van der Waals surface area contributed by atoms with Crippen LogP contribution in [0.2, 0.25) is 0 Å². The van der Waals surface area contributed by atoms with Gasteiger partial charge in [-0.05, 0) is 43.5 Å². The van der Waals surface area contributed by atoms with Crippen LogP contribution in [0, 0.1) is 0 Å². The van der Waals surface area contributed by atoms with Gasteiger partial charge in [0, 0.05) is 11.6 Å². The Bertz CT molecular complexity index is 887. The molecule has 5 heteroatoms. The average molecular weight is 338 g/mol. The van der Waals surface area contributed by atoms with Crippen molar-refractivity contribution in [1.29, 1.82) is 0 Å². The zero-order chi connectivity index (χ0) is 17.4. The molecule has 0 amide bonds. The van der Waals surface area contributed by atoms with Gasteiger partial charge in [-0.25, -0.2) is 4.98 Å². The maximum Gasteiger partial charge on any atom is 0.203 e. The van der Waals surface area contributed by atoms with Gasteiger partial charge in [-0.2, -0.15) is 0 Å². The molecule has 2 aromatic carbocycles. The zero-order valence-corrected chi connectivity index (χ0v) is 14.8. The first kappa shape index (κ1) is 15.8. The van der Waals surface area contributed by atoms with Crippen LogP contribution in [-0.2, 0) is 0 Å². The van der Waals surface area contributed by atoms with Gasteiger partial charge < -0.3 is 18.8 Å². The van der Waals surface area contributed by atoms with Crippen molar-refractivity contribution in [3.63, 3.8) is 0 Å². The molecule has 0 unspecified atom stereocenters. The number of nitrogens with zero attached hydrogens (tertiary/aromatic N) is 2. The largest absolute Gasteiger partial charge is 0.493 e. The molecule has 1 aliphatic carbocycles. The number of methoxy groups -OCH3 is 3. The summed E-state index contributed by atoms with van der Waals surface area (Å²) in [5.74, 6) is 2.83. The van der Waals surface area contributed by atoms with E-state index in [9.17, 15) is 0 Å². The molecular weight excluding hydrogens is 316 g/mol. The number of ether oxygens (including phenoxy) is 3. The van der Waals surface area contributed by atoms with Gasteiger partial charge in [0.05, 0.1) is 32.4 Å². The van der Waals surface area contributed by atoms with Crippen molar-refractivity contribution in [2.75, 3.05) is 21.3 Å². The summed E-state index contributed by atoms with van der Waals surface area (Å²) in [4.78, 5) is 4.90. The van der Waals surface area contributed by atoms with Crippen molar-refractivity contribution < 1.29 is 14.2 Å². The highest BCUT2D eigenvalue weighted by molar-refractivity contribution is 5.82. The molecule has 130 valence electrons. The third-order valence-electron chi connectivity index (χ3n) is 4.96. The Morgan fingerprint density at radius 1 is 0.960 bits per heavy atom. The molecular formula is C20H22N2O3. The van der Waals surface area contributed by atoms with E-state index in [4.69, 9.17) is 19.2 Å². The highest BCUT2D eigenvalue weighted by Crippen LogP contribution is 2.43. The zero-order valence-electron chi connectivity index (χ0n) is 14.8. The normalized spacial score (nSPS) is 14.4. The number of aromatic nitrogens is 2. The van der Waals surface area contributed by atoms with Crippen LogP contribution in [0.3, 0.4) is 0 Å². The summed E-state index contributed by atoms with van der Waals surface area (Å²) in [6, 6.07) is 12.7. The Balaban J connectivity index is 1.95. The molecule has 1 saturated carbocycles. The SMILES string of the molecule is COc1cc(-c2nc3ccccc3n2C2CCC2)cc(OC)c1OC. The second-order valence-corrected chi connectivity index (χ2v) is 6.29. The summed E-state index contributed by atoms with van der Waals surface area (Å²) in [7, 11) is 4.88. The second kappa shape index (κ2) is 6.31. The molecule has 1 aliphatic rings. The Hall–Kier alpha value is -2.69. The summed E-state index contributed by atoms with van der Waals surface area (Å²) >= 11 is 0. The van der Waals surface area contributed by atoms with Crippen molar-refractivity contribution in [1.82, 2.24) is 9.55 Å². The van der Waals surface area contributed by atoms with Crippen LogP contribution in [-0.4, -0.2) is 30.9 Å². The molecule has 0 aliphatic heterocycles. The average Bonchev–Trinajstić information content (AvgIpc) is 2.98. The highest BCUT2D eigenvalue weighted by atomic mass is 16.5. The number of benzene rings is 2. The van der Waals surface area contributed by atoms with Crippen LogP contribution >= 0.6 is 0 Å². The quantitative estimate of drug-likeness (QED) is 0.689. The molecule has 25 heavy (non-hydrogen) atoms. The van der Waals surface area contributed by atoms with E-state index < -0.39 is 0 Å². The van der Waals surface area contributed by atoms with Crippen molar-refractivity contribution in [2.24, 2.45) is 0 Å². The third kappa shape index (κ3) is 2.51. The summed E-state index contributed by atoms with van der Waals surface area (Å²) in [6.45, 7) is 0. The Morgan fingerprint density at radius 3 is 2.20 bits per heavy atom. The number of hydrogen-bond donors (Lipinski definition) is 0. The lowest BCUT2D eigenvalue weighted by atomic mass is 9.92. The maximum absolute atomic E-state index is 5.51. The van der Waals surface area contributed by atoms with E-state index in [0.29, 0.717) is 23.3 Å². The van der Waals surface area contributed by atoms with Crippen molar-refractivity contribution in [2.45, 2.75) is 25.3 Å². The lowest BCUT2D eigenvalue weighted by Gasteiger charge is -2.29. The fraction of sp³-hybridized carbons (Fsp3) is 0.350. The van der Waals surface area contributed by atoms with Crippen LogP contribution in [0.15, 0.2) is 36.4 Å². The van der Waals surface area contributed by atoms with Gasteiger partial charge in [-0.1, -0.05) is 12.1 Å².